The Morgan fingerprint density at radius 1 is 1.44 bits per heavy atom. The van der Waals surface area contributed by atoms with E-state index in [1.807, 2.05) is 0 Å². The summed E-state index contributed by atoms with van der Waals surface area (Å²) in [6.07, 6.45) is -0.893. The first-order chi connectivity index (χ1) is 8.28. The lowest BCUT2D eigenvalue weighted by Gasteiger charge is -2.31. The van der Waals surface area contributed by atoms with E-state index in [1.165, 1.54) is 0 Å². The van der Waals surface area contributed by atoms with Crippen LogP contribution in [0.1, 0.15) is 31.9 Å². The minimum atomic E-state index is -3.44. The van der Waals surface area contributed by atoms with Gasteiger partial charge in [0.15, 0.2) is 13.5 Å². The molecule has 0 heterocycles. The number of rotatable bonds is 5. The van der Waals surface area contributed by atoms with Crippen LogP contribution in [0.5, 0.6) is 0 Å². The first kappa shape index (κ1) is 15.5. The van der Waals surface area contributed by atoms with Crippen LogP contribution in [0.25, 0.3) is 0 Å². The second-order valence-electron chi connectivity index (χ2n) is 4.12. The maximum atomic E-state index is 12.1. The van der Waals surface area contributed by atoms with Gasteiger partial charge in [0.2, 0.25) is 0 Å². The Kier molecular flexibility index (Phi) is 4.80. The van der Waals surface area contributed by atoms with Crippen LogP contribution < -0.4 is 5.73 Å². The first-order valence-corrected chi connectivity index (χ1v) is 8.17. The van der Waals surface area contributed by atoms with Crippen LogP contribution in [0.4, 0.5) is 5.69 Å². The summed E-state index contributed by atoms with van der Waals surface area (Å²) in [4.78, 5) is 0. The van der Waals surface area contributed by atoms with E-state index >= 15 is 0 Å². The summed E-state index contributed by atoms with van der Waals surface area (Å²) in [5, 5.41) is 10.3. The Balaban J connectivity index is 3.26. The minimum Gasteiger partial charge on any atom is -0.399 e. The molecule has 0 amide bonds. The first-order valence-electron chi connectivity index (χ1n) is 5.73. The molecule has 1 rings (SSSR count). The molecule has 4 nitrogen and oxygen atoms in total. The molecule has 3 N–H and O–H groups in total. The van der Waals surface area contributed by atoms with E-state index in [-0.39, 0.29) is 12.2 Å². The van der Waals surface area contributed by atoms with Crippen molar-refractivity contribution in [1.29, 1.82) is 0 Å². The summed E-state index contributed by atoms with van der Waals surface area (Å²) < 4.78 is 22.9. The summed E-state index contributed by atoms with van der Waals surface area (Å²) in [5.41, 5.74) is 6.63. The molecule has 102 valence electrons. The molecule has 0 aliphatic rings. The lowest BCUT2D eigenvalue weighted by molar-refractivity contribution is 0.160. The normalized spacial score (nSPS) is 17.1. The fourth-order valence-corrected chi connectivity index (χ4v) is 4.15. The van der Waals surface area contributed by atoms with Crippen LogP contribution in [-0.2, 0) is 9.84 Å². The van der Waals surface area contributed by atoms with Gasteiger partial charge in [-0.05, 0) is 24.1 Å². The van der Waals surface area contributed by atoms with Gasteiger partial charge in [0.25, 0.3) is 0 Å². The number of aliphatic hydroxyl groups is 1. The van der Waals surface area contributed by atoms with Crippen molar-refractivity contribution in [2.75, 3.05) is 11.5 Å². The molecule has 1 aromatic rings. The zero-order valence-electron chi connectivity index (χ0n) is 10.4. The van der Waals surface area contributed by atoms with Crippen molar-refractivity contribution in [3.8, 4) is 0 Å². The Morgan fingerprint density at radius 3 is 2.50 bits per heavy atom. The number of sulfone groups is 1. The molecule has 0 aliphatic heterocycles. The third-order valence-electron chi connectivity index (χ3n) is 3.01. The van der Waals surface area contributed by atoms with Gasteiger partial charge in [0.05, 0.1) is 0 Å². The number of hydrogen-bond acceptors (Lipinski definition) is 4. The average Bonchev–Trinajstić information content (AvgIpc) is 2.36. The molecule has 0 saturated carbocycles. The molecular weight excluding hydrogens is 318 g/mol. The van der Waals surface area contributed by atoms with Crippen molar-refractivity contribution in [2.45, 2.75) is 30.0 Å². The van der Waals surface area contributed by atoms with Gasteiger partial charge in [-0.15, -0.1) is 0 Å². The third-order valence-corrected chi connectivity index (χ3v) is 7.79. The molecule has 6 heteroatoms. The van der Waals surface area contributed by atoms with Gasteiger partial charge < -0.3 is 10.8 Å². The molecule has 2 atom stereocenters. The Labute approximate surface area is 116 Å². The molecule has 1 aromatic carbocycles. The highest BCUT2D eigenvalue weighted by Gasteiger charge is 2.45. The summed E-state index contributed by atoms with van der Waals surface area (Å²) in [6.45, 7) is 3.28. The van der Waals surface area contributed by atoms with Gasteiger partial charge in [-0.25, -0.2) is 8.42 Å². The summed E-state index contributed by atoms with van der Waals surface area (Å²) in [7, 11) is -3.44. The van der Waals surface area contributed by atoms with Crippen LogP contribution in [0.3, 0.4) is 0 Å². The summed E-state index contributed by atoms with van der Waals surface area (Å²) in [6, 6.07) is 6.63. The van der Waals surface area contributed by atoms with E-state index in [0.717, 1.165) is 0 Å². The molecule has 2 unspecified atom stereocenters. The largest absolute Gasteiger partial charge is 0.399 e. The predicted octanol–water partition coefficient (Wildman–Crippen LogP) is 2.24. The van der Waals surface area contributed by atoms with Gasteiger partial charge >= 0.3 is 0 Å². The van der Waals surface area contributed by atoms with Crippen molar-refractivity contribution < 1.29 is 13.5 Å². The van der Waals surface area contributed by atoms with Crippen molar-refractivity contribution in [3.05, 3.63) is 29.8 Å². The van der Waals surface area contributed by atoms with Gasteiger partial charge in [0.1, 0.15) is 6.10 Å². The standard InChI is InChI=1S/C12H18BrNO3S/c1-3-12(13,18(16,17)4-2)11(15)9-6-5-7-10(14)8-9/h5-8,11,15H,3-4,14H2,1-2H3. The molecule has 0 aliphatic carbocycles. The van der Waals surface area contributed by atoms with E-state index in [2.05, 4.69) is 15.9 Å². The fraction of sp³-hybridized carbons (Fsp3) is 0.500. The zero-order chi connectivity index (χ0) is 14.0. The summed E-state index contributed by atoms with van der Waals surface area (Å²) in [5.74, 6) is -0.0362. The van der Waals surface area contributed by atoms with Crippen LogP contribution in [0, 0.1) is 0 Å². The van der Waals surface area contributed by atoms with Gasteiger partial charge in [-0.1, -0.05) is 41.9 Å². The maximum absolute atomic E-state index is 12.1. The lowest BCUT2D eigenvalue weighted by Crippen LogP contribution is -2.39. The monoisotopic (exact) mass is 335 g/mol. The van der Waals surface area contributed by atoms with E-state index < -0.39 is 19.6 Å². The average molecular weight is 336 g/mol. The number of halogens is 1. The molecule has 0 bridgehead atoms. The highest BCUT2D eigenvalue weighted by atomic mass is 79.9. The number of alkyl halides is 1. The second-order valence-corrected chi connectivity index (χ2v) is 8.59. The van der Waals surface area contributed by atoms with E-state index in [1.54, 1.807) is 38.1 Å². The number of aliphatic hydroxyl groups excluding tert-OH is 1. The second kappa shape index (κ2) is 5.59. The number of anilines is 1. The molecule has 18 heavy (non-hydrogen) atoms. The van der Waals surface area contributed by atoms with Gasteiger partial charge in [0, 0.05) is 11.4 Å². The number of nitrogens with two attached hydrogens (primary N) is 1. The van der Waals surface area contributed by atoms with Crippen molar-refractivity contribution in [3.63, 3.8) is 0 Å². The van der Waals surface area contributed by atoms with Crippen LogP contribution >= 0.6 is 15.9 Å². The zero-order valence-corrected chi connectivity index (χ0v) is 12.8. The lowest BCUT2D eigenvalue weighted by atomic mass is 10.0. The molecule has 0 saturated heterocycles. The highest BCUT2D eigenvalue weighted by molar-refractivity contribution is 9.11. The number of hydrogen-bond donors (Lipinski definition) is 2. The van der Waals surface area contributed by atoms with Gasteiger partial charge in [-0.2, -0.15) is 0 Å². The molecule has 0 spiro atoms. The topological polar surface area (TPSA) is 80.4 Å². The van der Waals surface area contributed by atoms with E-state index in [0.29, 0.717) is 11.3 Å². The van der Waals surface area contributed by atoms with Gasteiger partial charge in [-0.3, -0.25) is 0 Å². The fourth-order valence-electron chi connectivity index (χ4n) is 1.80. The highest BCUT2D eigenvalue weighted by Crippen LogP contribution is 2.42. The third kappa shape index (κ3) is 2.70. The van der Waals surface area contributed by atoms with E-state index in [9.17, 15) is 13.5 Å². The minimum absolute atomic E-state index is 0.0362. The van der Waals surface area contributed by atoms with Crippen molar-refractivity contribution in [1.82, 2.24) is 0 Å². The number of benzene rings is 1. The van der Waals surface area contributed by atoms with Crippen molar-refractivity contribution >= 4 is 31.5 Å². The van der Waals surface area contributed by atoms with Crippen LogP contribution in [-0.4, -0.2) is 22.9 Å². The Hall–Kier alpha value is -0.590. The maximum Gasteiger partial charge on any atom is 0.168 e. The smallest absolute Gasteiger partial charge is 0.168 e. The van der Waals surface area contributed by atoms with Crippen molar-refractivity contribution in [2.24, 2.45) is 0 Å². The van der Waals surface area contributed by atoms with Crippen LogP contribution in [0.2, 0.25) is 0 Å². The Bertz CT molecular complexity index is 518. The SMILES string of the molecule is CCC(Br)(C(O)c1cccc(N)c1)S(=O)(=O)CC. The quantitative estimate of drug-likeness (QED) is 0.638. The molecule has 0 radical (unpaired) electrons. The predicted molar refractivity (Wildman–Crippen MR) is 77.2 cm³/mol. The van der Waals surface area contributed by atoms with E-state index in [4.69, 9.17) is 5.73 Å². The molecule has 0 aromatic heterocycles. The van der Waals surface area contributed by atoms with Crippen LogP contribution in [0.15, 0.2) is 24.3 Å². The summed E-state index contributed by atoms with van der Waals surface area (Å²) >= 11 is 3.21. The molecular formula is C12H18BrNO3S. The number of nitrogen functional groups attached to an aromatic ring is 1. The molecule has 0 fully saturated rings. The Morgan fingerprint density at radius 2 is 2.06 bits per heavy atom.